The normalized spacial score (nSPS) is 21.4. The van der Waals surface area contributed by atoms with E-state index in [0.717, 1.165) is 51.9 Å². The molecule has 1 atom stereocenters. The molecular formula is C19H29N3O2. The van der Waals surface area contributed by atoms with Crippen LogP contribution in [0.25, 0.3) is 0 Å². The van der Waals surface area contributed by atoms with Crippen LogP contribution in [0.15, 0.2) is 24.3 Å². The molecule has 0 bridgehead atoms. The molecule has 0 radical (unpaired) electrons. The molecule has 5 heteroatoms. The van der Waals surface area contributed by atoms with Crippen molar-refractivity contribution in [1.82, 2.24) is 15.1 Å². The Bertz CT molecular complexity index is 547. The van der Waals surface area contributed by atoms with Crippen molar-refractivity contribution in [3.05, 3.63) is 35.4 Å². The fraction of sp³-hybridized carbons (Fsp3) is 0.632. The van der Waals surface area contributed by atoms with Gasteiger partial charge in [0.1, 0.15) is 0 Å². The van der Waals surface area contributed by atoms with Crippen LogP contribution in [0.5, 0.6) is 0 Å². The minimum atomic E-state index is 0.0329. The molecular weight excluding hydrogens is 302 g/mol. The second kappa shape index (κ2) is 8.49. The average Bonchev–Trinajstić information content (AvgIpc) is 2.62. The Kier molecular flexibility index (Phi) is 6.10. The van der Waals surface area contributed by atoms with Gasteiger partial charge in [0.2, 0.25) is 0 Å². The number of hydrogen-bond acceptors (Lipinski definition) is 3. The number of amides is 2. The third-order valence-electron chi connectivity index (χ3n) is 5.26. The maximum Gasteiger partial charge on any atom is 0.317 e. The highest BCUT2D eigenvalue weighted by molar-refractivity contribution is 5.74. The molecule has 0 saturated carbocycles. The third-order valence-corrected chi connectivity index (χ3v) is 5.26. The number of fused-ring (bicyclic) bond motifs is 1. The van der Waals surface area contributed by atoms with Gasteiger partial charge < -0.3 is 15.3 Å². The van der Waals surface area contributed by atoms with Gasteiger partial charge >= 0.3 is 6.03 Å². The SMILES string of the molecule is O=C(NCCN1CCc2ccccc2C1)N1CCCCC1CCO. The van der Waals surface area contributed by atoms with E-state index in [0.29, 0.717) is 13.0 Å². The molecule has 1 fully saturated rings. The summed E-state index contributed by atoms with van der Waals surface area (Å²) in [6.07, 6.45) is 5.02. The van der Waals surface area contributed by atoms with Crippen LogP contribution in [-0.4, -0.2) is 59.8 Å². The number of carbonyl (C=O) groups is 1. The monoisotopic (exact) mass is 331 g/mol. The van der Waals surface area contributed by atoms with Gasteiger partial charge in [-0.1, -0.05) is 24.3 Å². The molecule has 1 unspecified atom stereocenters. The van der Waals surface area contributed by atoms with Crippen LogP contribution in [0.1, 0.15) is 36.8 Å². The van der Waals surface area contributed by atoms with Gasteiger partial charge in [0, 0.05) is 45.4 Å². The van der Waals surface area contributed by atoms with Crippen molar-refractivity contribution in [3.8, 4) is 0 Å². The second-order valence-corrected chi connectivity index (χ2v) is 6.88. The number of nitrogens with zero attached hydrogens (tertiary/aromatic N) is 2. The molecule has 3 rings (SSSR count). The first-order valence-corrected chi connectivity index (χ1v) is 9.22. The van der Waals surface area contributed by atoms with E-state index in [1.54, 1.807) is 0 Å². The molecule has 1 saturated heterocycles. The zero-order valence-corrected chi connectivity index (χ0v) is 14.4. The van der Waals surface area contributed by atoms with Crippen molar-refractivity contribution in [2.24, 2.45) is 0 Å². The Morgan fingerprint density at radius 1 is 1.21 bits per heavy atom. The lowest BCUT2D eigenvalue weighted by atomic mass is 10.00. The molecule has 1 aromatic rings. The molecule has 2 amide bonds. The maximum atomic E-state index is 12.4. The zero-order chi connectivity index (χ0) is 16.8. The number of likely N-dealkylation sites (tertiary alicyclic amines) is 1. The molecule has 2 aliphatic heterocycles. The fourth-order valence-corrected chi connectivity index (χ4v) is 3.88. The van der Waals surface area contributed by atoms with Crippen molar-refractivity contribution in [2.45, 2.75) is 44.7 Å². The highest BCUT2D eigenvalue weighted by Crippen LogP contribution is 2.20. The Morgan fingerprint density at radius 3 is 2.88 bits per heavy atom. The van der Waals surface area contributed by atoms with Gasteiger partial charge in [0.25, 0.3) is 0 Å². The fourth-order valence-electron chi connectivity index (χ4n) is 3.88. The van der Waals surface area contributed by atoms with E-state index >= 15 is 0 Å². The number of urea groups is 1. The van der Waals surface area contributed by atoms with E-state index in [2.05, 4.69) is 34.5 Å². The van der Waals surface area contributed by atoms with Gasteiger partial charge in [-0.25, -0.2) is 4.79 Å². The lowest BCUT2D eigenvalue weighted by Crippen LogP contribution is -2.50. The number of piperidine rings is 1. The predicted molar refractivity (Wildman–Crippen MR) is 94.9 cm³/mol. The van der Waals surface area contributed by atoms with E-state index in [1.165, 1.54) is 11.1 Å². The highest BCUT2D eigenvalue weighted by Gasteiger charge is 2.26. The van der Waals surface area contributed by atoms with Crippen molar-refractivity contribution in [1.29, 1.82) is 0 Å². The predicted octanol–water partition coefficient (Wildman–Crippen LogP) is 1.99. The number of carbonyl (C=O) groups excluding carboxylic acids is 1. The second-order valence-electron chi connectivity index (χ2n) is 6.88. The Hall–Kier alpha value is -1.59. The van der Waals surface area contributed by atoms with E-state index in [-0.39, 0.29) is 18.7 Å². The highest BCUT2D eigenvalue weighted by atomic mass is 16.3. The molecule has 2 N–H and O–H groups in total. The van der Waals surface area contributed by atoms with Gasteiger partial charge in [0.05, 0.1) is 0 Å². The number of benzene rings is 1. The number of nitrogens with one attached hydrogen (secondary N) is 1. The van der Waals surface area contributed by atoms with Crippen LogP contribution >= 0.6 is 0 Å². The molecule has 2 heterocycles. The summed E-state index contributed by atoms with van der Waals surface area (Å²) in [5, 5.41) is 12.3. The molecule has 0 spiro atoms. The first-order valence-electron chi connectivity index (χ1n) is 9.22. The summed E-state index contributed by atoms with van der Waals surface area (Å²) < 4.78 is 0. The maximum absolute atomic E-state index is 12.4. The van der Waals surface area contributed by atoms with Crippen LogP contribution in [0, 0.1) is 0 Å². The third kappa shape index (κ3) is 4.28. The minimum absolute atomic E-state index is 0.0329. The van der Waals surface area contributed by atoms with Gasteiger partial charge in [-0.3, -0.25) is 4.90 Å². The smallest absolute Gasteiger partial charge is 0.317 e. The number of aliphatic hydroxyl groups is 1. The Morgan fingerprint density at radius 2 is 2.04 bits per heavy atom. The quantitative estimate of drug-likeness (QED) is 0.867. The molecule has 1 aromatic carbocycles. The summed E-state index contributed by atoms with van der Waals surface area (Å²) in [7, 11) is 0. The van der Waals surface area contributed by atoms with Crippen molar-refractivity contribution >= 4 is 6.03 Å². The van der Waals surface area contributed by atoms with E-state index < -0.39 is 0 Å². The van der Waals surface area contributed by atoms with E-state index in [4.69, 9.17) is 0 Å². The van der Waals surface area contributed by atoms with Gasteiger partial charge in [0.15, 0.2) is 0 Å². The minimum Gasteiger partial charge on any atom is -0.396 e. The first-order chi connectivity index (χ1) is 11.8. The molecule has 2 aliphatic rings. The number of hydrogen-bond donors (Lipinski definition) is 2. The summed E-state index contributed by atoms with van der Waals surface area (Å²) >= 11 is 0. The Balaban J connectivity index is 1.44. The first kappa shape index (κ1) is 17.2. The molecule has 24 heavy (non-hydrogen) atoms. The van der Waals surface area contributed by atoms with Crippen LogP contribution in [0.3, 0.4) is 0 Å². The topological polar surface area (TPSA) is 55.8 Å². The van der Waals surface area contributed by atoms with E-state index in [9.17, 15) is 9.90 Å². The largest absolute Gasteiger partial charge is 0.396 e. The molecule has 5 nitrogen and oxygen atoms in total. The zero-order valence-electron chi connectivity index (χ0n) is 14.4. The van der Waals surface area contributed by atoms with Gasteiger partial charge in [-0.05, 0) is 43.2 Å². The molecule has 132 valence electrons. The summed E-state index contributed by atoms with van der Waals surface area (Å²) in [4.78, 5) is 16.8. The van der Waals surface area contributed by atoms with E-state index in [1.807, 2.05) is 4.90 Å². The summed E-state index contributed by atoms with van der Waals surface area (Å²) in [5.74, 6) is 0. The lowest BCUT2D eigenvalue weighted by molar-refractivity contribution is 0.130. The van der Waals surface area contributed by atoms with Crippen molar-refractivity contribution in [3.63, 3.8) is 0 Å². The lowest BCUT2D eigenvalue weighted by Gasteiger charge is -2.36. The average molecular weight is 331 g/mol. The van der Waals surface area contributed by atoms with Crippen molar-refractivity contribution in [2.75, 3.05) is 32.8 Å². The van der Waals surface area contributed by atoms with Gasteiger partial charge in [-0.15, -0.1) is 0 Å². The summed E-state index contributed by atoms with van der Waals surface area (Å²) in [6.45, 7) is 4.57. The Labute approximate surface area is 144 Å². The van der Waals surface area contributed by atoms with Crippen LogP contribution in [0.4, 0.5) is 4.79 Å². The van der Waals surface area contributed by atoms with Crippen LogP contribution in [-0.2, 0) is 13.0 Å². The number of aliphatic hydroxyl groups excluding tert-OH is 1. The summed E-state index contributed by atoms with van der Waals surface area (Å²) in [6, 6.07) is 8.85. The molecule has 0 aliphatic carbocycles. The van der Waals surface area contributed by atoms with Crippen molar-refractivity contribution < 1.29 is 9.90 Å². The standard InChI is InChI=1S/C19H29N3O2/c23-14-9-18-7-3-4-11-22(18)19(24)20-10-13-21-12-8-16-5-1-2-6-17(16)15-21/h1-2,5-6,18,23H,3-4,7-15H2,(H,20,24). The summed E-state index contributed by atoms with van der Waals surface area (Å²) in [5.41, 5.74) is 2.87. The van der Waals surface area contributed by atoms with Gasteiger partial charge in [-0.2, -0.15) is 0 Å². The number of rotatable bonds is 5. The van der Waals surface area contributed by atoms with Crippen LogP contribution in [0.2, 0.25) is 0 Å². The molecule has 0 aromatic heterocycles. The van der Waals surface area contributed by atoms with Crippen LogP contribution < -0.4 is 5.32 Å².